The average molecular weight is 459 g/mol. The molecule has 0 aliphatic heterocycles. The first-order valence-electron chi connectivity index (χ1n) is 10.0. The van der Waals surface area contributed by atoms with Crippen LogP contribution < -0.4 is 4.74 Å². The standard InChI is InChI=1S/C23H18N6O3S/c1-33-22-24-18-7-4-8-19(32-23(30)31)20(18)29(22)13-14-9-11-15(12-10-14)16-5-2-3-6-17(16)21-25-27-28-26-21/h2-12H,13H2,1H3,(H,30,31)(H,25,26,27,28). The second-order valence-corrected chi connectivity index (χ2v) is 7.94. The molecule has 2 aromatic heterocycles. The Morgan fingerprint density at radius 2 is 1.85 bits per heavy atom. The van der Waals surface area contributed by atoms with Gasteiger partial charge in [0, 0.05) is 5.56 Å². The van der Waals surface area contributed by atoms with Gasteiger partial charge < -0.3 is 14.4 Å². The fourth-order valence-electron chi connectivity index (χ4n) is 3.80. The fraction of sp³-hybridized carbons (Fsp3) is 0.0870. The molecule has 0 aliphatic carbocycles. The van der Waals surface area contributed by atoms with Crippen molar-refractivity contribution in [2.45, 2.75) is 11.7 Å². The average Bonchev–Trinajstić information content (AvgIpc) is 3.48. The Labute approximate surface area is 192 Å². The molecule has 0 spiro atoms. The van der Waals surface area contributed by atoms with E-state index in [1.165, 1.54) is 11.8 Å². The minimum atomic E-state index is -1.36. The van der Waals surface area contributed by atoms with Crippen molar-refractivity contribution in [2.75, 3.05) is 6.26 Å². The second kappa shape index (κ2) is 8.75. The molecule has 5 rings (SSSR count). The highest BCUT2D eigenvalue weighted by molar-refractivity contribution is 7.98. The molecule has 0 aliphatic rings. The summed E-state index contributed by atoms with van der Waals surface area (Å²) < 4.78 is 6.99. The summed E-state index contributed by atoms with van der Waals surface area (Å²) in [5.74, 6) is 0.870. The summed E-state index contributed by atoms with van der Waals surface area (Å²) in [5.41, 5.74) is 5.33. The number of carboxylic acid groups (broad SMARTS) is 1. The lowest BCUT2D eigenvalue weighted by molar-refractivity contribution is 0.145. The molecule has 0 atom stereocenters. The number of H-pyrrole nitrogens is 1. The van der Waals surface area contributed by atoms with Gasteiger partial charge in [-0.05, 0) is 45.5 Å². The van der Waals surface area contributed by atoms with Crippen LogP contribution in [0.5, 0.6) is 5.75 Å². The third-order valence-corrected chi connectivity index (χ3v) is 5.88. The van der Waals surface area contributed by atoms with E-state index in [-0.39, 0.29) is 5.75 Å². The highest BCUT2D eigenvalue weighted by atomic mass is 32.2. The molecule has 0 unspecified atom stereocenters. The number of fused-ring (bicyclic) bond motifs is 1. The molecule has 0 amide bonds. The first-order valence-corrected chi connectivity index (χ1v) is 11.2. The molecule has 0 fully saturated rings. The van der Waals surface area contributed by atoms with Crippen molar-refractivity contribution in [3.8, 4) is 28.3 Å². The number of aromatic amines is 1. The number of nitrogens with zero attached hydrogens (tertiary/aromatic N) is 5. The number of aromatic nitrogens is 6. The van der Waals surface area contributed by atoms with E-state index < -0.39 is 6.16 Å². The van der Waals surface area contributed by atoms with E-state index in [2.05, 4.69) is 25.6 Å². The first-order chi connectivity index (χ1) is 16.1. The van der Waals surface area contributed by atoms with Crippen LogP contribution in [0.1, 0.15) is 5.56 Å². The normalized spacial score (nSPS) is 11.1. The third-order valence-electron chi connectivity index (χ3n) is 5.21. The van der Waals surface area contributed by atoms with Crippen molar-refractivity contribution >= 4 is 29.0 Å². The lowest BCUT2D eigenvalue weighted by Gasteiger charge is -2.12. The van der Waals surface area contributed by atoms with Gasteiger partial charge >= 0.3 is 6.16 Å². The number of hydrogen-bond acceptors (Lipinski definition) is 7. The molecule has 9 nitrogen and oxygen atoms in total. The molecule has 0 saturated carbocycles. The van der Waals surface area contributed by atoms with Gasteiger partial charge in [0.25, 0.3) is 0 Å². The molecule has 164 valence electrons. The fourth-order valence-corrected chi connectivity index (χ4v) is 4.36. The monoisotopic (exact) mass is 458 g/mol. The zero-order valence-corrected chi connectivity index (χ0v) is 18.3. The van der Waals surface area contributed by atoms with Gasteiger partial charge in [0.1, 0.15) is 5.52 Å². The molecule has 0 saturated heterocycles. The minimum Gasteiger partial charge on any atom is -0.449 e. The van der Waals surface area contributed by atoms with Gasteiger partial charge in [0.2, 0.25) is 0 Å². The number of thioether (sulfide) groups is 1. The molecule has 2 heterocycles. The van der Waals surface area contributed by atoms with Crippen molar-refractivity contribution < 1.29 is 14.6 Å². The molecular weight excluding hydrogens is 440 g/mol. The lowest BCUT2D eigenvalue weighted by Crippen LogP contribution is -2.06. The first kappa shape index (κ1) is 20.7. The van der Waals surface area contributed by atoms with Gasteiger partial charge in [-0.1, -0.05) is 66.4 Å². The van der Waals surface area contributed by atoms with Crippen molar-refractivity contribution in [2.24, 2.45) is 0 Å². The van der Waals surface area contributed by atoms with E-state index >= 15 is 0 Å². The van der Waals surface area contributed by atoms with E-state index in [9.17, 15) is 4.79 Å². The summed E-state index contributed by atoms with van der Waals surface area (Å²) in [6.07, 6.45) is 0.583. The Kier molecular flexibility index (Phi) is 5.49. The molecule has 2 N–H and O–H groups in total. The number of ether oxygens (including phenoxy) is 1. The van der Waals surface area contributed by atoms with Crippen LogP contribution in [0.2, 0.25) is 0 Å². The zero-order valence-electron chi connectivity index (χ0n) is 17.5. The minimum absolute atomic E-state index is 0.263. The van der Waals surface area contributed by atoms with Crippen LogP contribution in [0.3, 0.4) is 0 Å². The molecule has 3 aromatic carbocycles. The van der Waals surface area contributed by atoms with Gasteiger partial charge in [-0.15, -0.1) is 5.10 Å². The van der Waals surface area contributed by atoms with Crippen molar-refractivity contribution in [1.29, 1.82) is 0 Å². The highest BCUT2D eigenvalue weighted by Crippen LogP contribution is 2.32. The summed E-state index contributed by atoms with van der Waals surface area (Å²) in [6, 6.07) is 21.3. The van der Waals surface area contributed by atoms with E-state index in [1.807, 2.05) is 65.4 Å². The molecule has 33 heavy (non-hydrogen) atoms. The Hall–Kier alpha value is -4.18. The van der Waals surface area contributed by atoms with Crippen LogP contribution >= 0.6 is 11.8 Å². The Bertz CT molecular complexity index is 1430. The number of imidazole rings is 1. The van der Waals surface area contributed by atoms with E-state index in [4.69, 9.17) is 9.84 Å². The van der Waals surface area contributed by atoms with Crippen molar-refractivity contribution in [1.82, 2.24) is 30.2 Å². The van der Waals surface area contributed by atoms with Crippen molar-refractivity contribution in [3.05, 3.63) is 72.3 Å². The van der Waals surface area contributed by atoms with Crippen LogP contribution in [0.25, 0.3) is 33.5 Å². The van der Waals surface area contributed by atoms with Crippen LogP contribution in [0, 0.1) is 0 Å². The third kappa shape index (κ3) is 4.03. The quantitative estimate of drug-likeness (QED) is 0.213. The summed E-state index contributed by atoms with van der Waals surface area (Å²) in [7, 11) is 0. The number of benzene rings is 3. The lowest BCUT2D eigenvalue weighted by atomic mass is 9.98. The summed E-state index contributed by atoms with van der Waals surface area (Å²) in [5, 5.41) is 24.1. The maximum Gasteiger partial charge on any atom is 0.511 e. The van der Waals surface area contributed by atoms with Gasteiger partial charge in [-0.2, -0.15) is 0 Å². The Morgan fingerprint density at radius 3 is 2.55 bits per heavy atom. The predicted octanol–water partition coefficient (Wildman–Crippen LogP) is 4.71. The van der Waals surface area contributed by atoms with Crippen LogP contribution in [-0.2, 0) is 6.54 Å². The van der Waals surface area contributed by atoms with Gasteiger partial charge in [0.15, 0.2) is 16.7 Å². The number of hydrogen-bond donors (Lipinski definition) is 2. The number of carbonyl (C=O) groups is 1. The molecule has 0 radical (unpaired) electrons. The Morgan fingerprint density at radius 1 is 1.06 bits per heavy atom. The SMILES string of the molecule is CSc1nc2cccc(OC(=O)O)c2n1Cc1ccc(-c2ccccc2-c2nnn[nH]2)cc1. The summed E-state index contributed by atoms with van der Waals surface area (Å²) >= 11 is 1.50. The van der Waals surface area contributed by atoms with Crippen LogP contribution in [-0.4, -0.2) is 47.7 Å². The van der Waals surface area contributed by atoms with Gasteiger partial charge in [-0.3, -0.25) is 0 Å². The number of rotatable bonds is 6. The van der Waals surface area contributed by atoms with Crippen LogP contribution in [0.4, 0.5) is 4.79 Å². The van der Waals surface area contributed by atoms with E-state index in [0.717, 1.165) is 27.4 Å². The zero-order chi connectivity index (χ0) is 22.8. The van der Waals surface area contributed by atoms with Crippen molar-refractivity contribution in [3.63, 3.8) is 0 Å². The highest BCUT2D eigenvalue weighted by Gasteiger charge is 2.17. The van der Waals surface area contributed by atoms with E-state index in [1.54, 1.807) is 12.1 Å². The van der Waals surface area contributed by atoms with Gasteiger partial charge in [0.05, 0.1) is 12.1 Å². The molecule has 5 aromatic rings. The van der Waals surface area contributed by atoms with E-state index in [0.29, 0.717) is 23.4 Å². The molecule has 10 heteroatoms. The summed E-state index contributed by atoms with van der Waals surface area (Å²) in [4.78, 5) is 15.8. The molecule has 0 bridgehead atoms. The van der Waals surface area contributed by atoms with Crippen LogP contribution in [0.15, 0.2) is 71.9 Å². The summed E-state index contributed by atoms with van der Waals surface area (Å²) in [6.45, 7) is 0.515. The number of tetrazole rings is 1. The largest absolute Gasteiger partial charge is 0.511 e. The smallest absolute Gasteiger partial charge is 0.449 e. The maximum absolute atomic E-state index is 11.2. The number of nitrogens with one attached hydrogen (secondary N) is 1. The maximum atomic E-state index is 11.2. The topological polar surface area (TPSA) is 119 Å². The van der Waals surface area contributed by atoms with Gasteiger partial charge in [-0.25, -0.2) is 14.9 Å². The number of para-hydroxylation sites is 1. The Balaban J connectivity index is 1.51. The molecular formula is C23H18N6O3S. The second-order valence-electron chi connectivity index (χ2n) is 7.17. The predicted molar refractivity (Wildman–Crippen MR) is 124 cm³/mol.